The van der Waals surface area contributed by atoms with Crippen LogP contribution in [0, 0.1) is 5.41 Å². The highest BCUT2D eigenvalue weighted by Crippen LogP contribution is 2.59. The molecule has 2 bridgehead atoms. The average molecular weight is 736 g/mol. The number of aliphatic hydroxyl groups is 2. The van der Waals surface area contributed by atoms with E-state index in [0.29, 0.717) is 74.1 Å². The molecule has 0 saturated heterocycles. The molecule has 4 atom stereocenters. The Morgan fingerprint density at radius 3 is 2.43 bits per heavy atom. The number of aliphatic hydroxyl groups excluding tert-OH is 1. The standard InChI is InChI=1S/C43H52F3NO6/c1-6-21-47(39(49)25-30-14-17-37(52-4)38(24-30)53-5)27-42(51)20-18-36-34-16-13-29(22-33(48)15-12-28(2)9-8-19-41(36,42)3)23-35(34)40(50)31-10-7-11-32(26-31)43(44,45)46/h7,9-11,13-14,16-17,23-24,26,33,36,48,51H,6,8,12,15,18-22,25,27H2,1-5H3/t33-,36-,41-,42+/m0/s1. The van der Waals surface area contributed by atoms with Gasteiger partial charge in [-0.25, -0.2) is 0 Å². The van der Waals surface area contributed by atoms with Crippen LogP contribution in [0.15, 0.2) is 72.3 Å². The van der Waals surface area contributed by atoms with Crippen LogP contribution in [0.5, 0.6) is 11.5 Å². The maximum atomic E-state index is 14.3. The number of carbonyl (C=O) groups is 2. The number of rotatable bonds is 10. The van der Waals surface area contributed by atoms with Crippen LogP contribution in [0.2, 0.25) is 0 Å². The van der Waals surface area contributed by atoms with Crippen molar-refractivity contribution in [2.75, 3.05) is 27.3 Å². The number of benzene rings is 3. The Bertz CT molecular complexity index is 1820. The molecule has 286 valence electrons. The molecule has 2 N–H and O–H groups in total. The van der Waals surface area contributed by atoms with Gasteiger partial charge in [0.25, 0.3) is 0 Å². The summed E-state index contributed by atoms with van der Waals surface area (Å²) >= 11 is 0. The van der Waals surface area contributed by atoms with Gasteiger partial charge in [-0.3, -0.25) is 9.59 Å². The van der Waals surface area contributed by atoms with E-state index in [9.17, 15) is 33.0 Å². The first-order chi connectivity index (χ1) is 25.1. The molecular weight excluding hydrogens is 683 g/mol. The van der Waals surface area contributed by atoms with E-state index in [0.717, 1.165) is 23.3 Å². The van der Waals surface area contributed by atoms with E-state index in [1.54, 1.807) is 30.2 Å². The fraction of sp³-hybridized carbons (Fsp3) is 0.488. The summed E-state index contributed by atoms with van der Waals surface area (Å²) in [6.07, 6.45) is 1.14. The number of amides is 1. The molecule has 0 heterocycles. The first-order valence-electron chi connectivity index (χ1n) is 18.5. The summed E-state index contributed by atoms with van der Waals surface area (Å²) in [7, 11) is 3.09. The van der Waals surface area contributed by atoms with Crippen LogP contribution < -0.4 is 9.47 Å². The number of allylic oxidation sites excluding steroid dienone is 2. The summed E-state index contributed by atoms with van der Waals surface area (Å²) in [5, 5.41) is 23.7. The van der Waals surface area contributed by atoms with Crippen LogP contribution >= 0.6 is 0 Å². The van der Waals surface area contributed by atoms with Crippen molar-refractivity contribution in [1.29, 1.82) is 0 Å². The lowest BCUT2D eigenvalue weighted by molar-refractivity contribution is -0.139. The summed E-state index contributed by atoms with van der Waals surface area (Å²) < 4.78 is 52.0. The van der Waals surface area contributed by atoms with Crippen molar-refractivity contribution in [3.05, 3.63) is 106 Å². The maximum absolute atomic E-state index is 14.3. The minimum atomic E-state index is -4.62. The van der Waals surface area contributed by atoms with Crippen molar-refractivity contribution < 1.29 is 42.4 Å². The van der Waals surface area contributed by atoms with E-state index in [1.807, 2.05) is 39.0 Å². The Balaban J connectivity index is 1.56. The van der Waals surface area contributed by atoms with E-state index >= 15 is 0 Å². The van der Waals surface area contributed by atoms with Gasteiger partial charge in [-0.05, 0) is 111 Å². The number of methoxy groups -OCH3 is 2. The number of hydrogen-bond acceptors (Lipinski definition) is 6. The van der Waals surface area contributed by atoms with Gasteiger partial charge in [-0.1, -0.05) is 55.8 Å². The Hall–Kier alpha value is -4.15. The number of ether oxygens (including phenoxy) is 2. The molecule has 6 rings (SSSR count). The molecule has 1 saturated carbocycles. The molecule has 0 aliphatic heterocycles. The Morgan fingerprint density at radius 1 is 0.981 bits per heavy atom. The third-order valence-electron chi connectivity index (χ3n) is 11.5. The summed E-state index contributed by atoms with van der Waals surface area (Å²) in [6, 6.07) is 15.3. The van der Waals surface area contributed by atoms with E-state index in [-0.39, 0.29) is 42.3 Å². The maximum Gasteiger partial charge on any atom is 0.416 e. The largest absolute Gasteiger partial charge is 0.493 e. The van der Waals surface area contributed by atoms with Gasteiger partial charge in [0.15, 0.2) is 17.3 Å². The zero-order valence-corrected chi connectivity index (χ0v) is 31.4. The lowest BCUT2D eigenvalue weighted by Crippen LogP contribution is -2.54. The molecule has 10 heteroatoms. The number of alkyl halides is 3. The second kappa shape index (κ2) is 16.5. The Labute approximate surface area is 310 Å². The molecule has 0 aromatic heterocycles. The van der Waals surface area contributed by atoms with Gasteiger partial charge in [-0.15, -0.1) is 0 Å². The fourth-order valence-corrected chi connectivity index (χ4v) is 8.34. The quantitative estimate of drug-likeness (QED) is 0.160. The SMILES string of the molecule is CCCN(C[C@]1(O)CC[C@H]2c3ccc(cc3C(=O)c3cccc(C(F)(F)F)c3)C[C@@H](O)CCC(C)=CCC[C@@]21C)C(=O)Cc1ccc(OC)c(OC)c1. The van der Waals surface area contributed by atoms with Crippen LogP contribution in [-0.4, -0.2) is 65.8 Å². The van der Waals surface area contributed by atoms with Gasteiger partial charge in [0, 0.05) is 29.6 Å². The average Bonchev–Trinajstić information content (AvgIpc) is 3.38. The van der Waals surface area contributed by atoms with Gasteiger partial charge >= 0.3 is 6.18 Å². The number of ketones is 1. The third kappa shape index (κ3) is 8.81. The highest BCUT2D eigenvalue weighted by atomic mass is 19.4. The lowest BCUT2D eigenvalue weighted by atomic mass is 9.64. The van der Waals surface area contributed by atoms with Crippen molar-refractivity contribution >= 4 is 11.7 Å². The molecule has 3 aliphatic rings. The van der Waals surface area contributed by atoms with Crippen molar-refractivity contribution in [2.45, 2.75) is 102 Å². The summed E-state index contributed by atoms with van der Waals surface area (Å²) in [4.78, 5) is 30.0. The summed E-state index contributed by atoms with van der Waals surface area (Å²) in [5.41, 5.74) is 0.358. The first kappa shape index (κ1) is 40.0. The van der Waals surface area contributed by atoms with Crippen LogP contribution in [-0.2, 0) is 23.8 Å². The van der Waals surface area contributed by atoms with E-state index in [4.69, 9.17) is 9.47 Å². The van der Waals surface area contributed by atoms with Gasteiger partial charge in [0.2, 0.25) is 5.91 Å². The normalized spacial score (nSPS) is 23.5. The monoisotopic (exact) mass is 735 g/mol. The molecular formula is C43H52F3NO6. The molecule has 7 nitrogen and oxygen atoms in total. The van der Waals surface area contributed by atoms with Crippen molar-refractivity contribution in [3.63, 3.8) is 0 Å². The predicted octanol–water partition coefficient (Wildman–Crippen LogP) is 8.47. The number of carbonyl (C=O) groups excluding carboxylic acids is 2. The molecule has 1 fully saturated rings. The van der Waals surface area contributed by atoms with Crippen LogP contribution in [0.1, 0.15) is 110 Å². The molecule has 0 unspecified atom stereocenters. The smallest absolute Gasteiger partial charge is 0.416 e. The Morgan fingerprint density at radius 2 is 1.74 bits per heavy atom. The zero-order valence-electron chi connectivity index (χ0n) is 31.4. The van der Waals surface area contributed by atoms with Gasteiger partial charge in [0.05, 0.1) is 37.9 Å². The third-order valence-corrected chi connectivity index (χ3v) is 11.5. The number of fused-ring (bicyclic) bond motifs is 8. The minimum absolute atomic E-state index is 0.0803. The summed E-state index contributed by atoms with van der Waals surface area (Å²) in [6.45, 7) is 6.57. The molecule has 3 aliphatic carbocycles. The topological polar surface area (TPSA) is 96.3 Å². The first-order valence-corrected chi connectivity index (χ1v) is 18.5. The number of nitrogens with zero attached hydrogens (tertiary/aromatic N) is 1. The highest BCUT2D eigenvalue weighted by molar-refractivity contribution is 6.10. The highest BCUT2D eigenvalue weighted by Gasteiger charge is 2.57. The summed E-state index contributed by atoms with van der Waals surface area (Å²) in [5.74, 6) is 0.0443. The van der Waals surface area contributed by atoms with Crippen LogP contribution in [0.4, 0.5) is 13.2 Å². The second-order valence-electron chi connectivity index (χ2n) is 15.0. The van der Waals surface area contributed by atoms with E-state index in [2.05, 4.69) is 6.08 Å². The van der Waals surface area contributed by atoms with E-state index < -0.39 is 34.6 Å². The molecule has 3 aromatic rings. The predicted molar refractivity (Wildman–Crippen MR) is 198 cm³/mol. The number of halogens is 3. The van der Waals surface area contributed by atoms with Crippen molar-refractivity contribution in [1.82, 2.24) is 4.90 Å². The van der Waals surface area contributed by atoms with Gasteiger partial charge in [-0.2, -0.15) is 13.2 Å². The molecule has 53 heavy (non-hydrogen) atoms. The van der Waals surface area contributed by atoms with Gasteiger partial charge in [0.1, 0.15) is 0 Å². The molecule has 0 radical (unpaired) electrons. The minimum Gasteiger partial charge on any atom is -0.493 e. The van der Waals surface area contributed by atoms with Gasteiger partial charge < -0.3 is 24.6 Å². The van der Waals surface area contributed by atoms with Crippen LogP contribution in [0.25, 0.3) is 0 Å². The Kier molecular flexibility index (Phi) is 12.4. The lowest BCUT2D eigenvalue weighted by Gasteiger charge is -2.46. The zero-order chi connectivity index (χ0) is 38.6. The van der Waals surface area contributed by atoms with E-state index in [1.165, 1.54) is 19.2 Å². The number of hydrogen-bond donors (Lipinski definition) is 2. The van der Waals surface area contributed by atoms with Crippen LogP contribution in [0.3, 0.4) is 0 Å². The molecule has 3 aromatic carbocycles. The second-order valence-corrected chi connectivity index (χ2v) is 15.0. The van der Waals surface area contributed by atoms with Crippen molar-refractivity contribution in [3.8, 4) is 11.5 Å². The fourth-order valence-electron chi connectivity index (χ4n) is 8.34. The van der Waals surface area contributed by atoms with Crippen molar-refractivity contribution in [2.24, 2.45) is 5.41 Å². The molecule has 1 amide bonds. The molecule has 0 spiro atoms.